The minimum atomic E-state index is 0.267. The van der Waals surface area contributed by atoms with Gasteiger partial charge in [0.05, 0.1) is 0 Å². The molecule has 0 amide bonds. The maximum Gasteiger partial charge on any atom is 0.133 e. The highest BCUT2D eigenvalue weighted by Gasteiger charge is 2.58. The summed E-state index contributed by atoms with van der Waals surface area (Å²) < 4.78 is 0. The second-order valence-corrected chi connectivity index (χ2v) is 8.90. The molecule has 120 valence electrons. The van der Waals surface area contributed by atoms with Crippen LogP contribution in [0.1, 0.15) is 65.7 Å². The lowest BCUT2D eigenvalue weighted by Gasteiger charge is -2.56. The Labute approximate surface area is 135 Å². The zero-order valence-corrected chi connectivity index (χ0v) is 14.4. The van der Waals surface area contributed by atoms with Crippen LogP contribution in [0.2, 0.25) is 0 Å². The molecule has 0 unspecified atom stereocenters. The molecule has 1 nitrogen and oxygen atoms in total. The summed E-state index contributed by atoms with van der Waals surface area (Å²) in [6.45, 7) is 6.78. The molecule has 0 spiro atoms. The van der Waals surface area contributed by atoms with Gasteiger partial charge < -0.3 is 0 Å². The van der Waals surface area contributed by atoms with Crippen LogP contribution in [0.25, 0.3) is 0 Å². The van der Waals surface area contributed by atoms with Gasteiger partial charge in [-0.1, -0.05) is 32.1 Å². The number of carbonyl (C=O) groups is 1. The molecule has 0 radical (unpaired) electrons. The van der Waals surface area contributed by atoms with Crippen LogP contribution < -0.4 is 0 Å². The van der Waals surface area contributed by atoms with E-state index in [1.54, 1.807) is 5.57 Å². The van der Waals surface area contributed by atoms with Gasteiger partial charge >= 0.3 is 0 Å². The van der Waals surface area contributed by atoms with Gasteiger partial charge in [0.2, 0.25) is 0 Å². The molecular formula is C21H30O. The Morgan fingerprint density at radius 1 is 1.14 bits per heavy atom. The molecule has 22 heavy (non-hydrogen) atoms. The number of allylic oxidation sites excluding steroid dienone is 4. The fourth-order valence-corrected chi connectivity index (χ4v) is 6.85. The SMILES string of the molecule is CC(=O)[C@H]1CC[C@H]2[C@@H]3C=CC4=CCCC[C@]4(C)[C@H]3CC[C@]12C. The first-order valence-electron chi connectivity index (χ1n) is 9.36. The van der Waals surface area contributed by atoms with Crippen molar-refractivity contribution in [1.82, 2.24) is 0 Å². The van der Waals surface area contributed by atoms with Gasteiger partial charge in [-0.3, -0.25) is 4.79 Å². The third-order valence-corrected chi connectivity index (χ3v) is 8.06. The second-order valence-electron chi connectivity index (χ2n) is 8.90. The monoisotopic (exact) mass is 298 g/mol. The molecule has 6 atom stereocenters. The van der Waals surface area contributed by atoms with Crippen LogP contribution in [-0.2, 0) is 4.79 Å². The highest BCUT2D eigenvalue weighted by Crippen LogP contribution is 2.65. The lowest BCUT2D eigenvalue weighted by atomic mass is 9.48. The van der Waals surface area contributed by atoms with Crippen molar-refractivity contribution >= 4 is 5.78 Å². The molecule has 2 fully saturated rings. The summed E-state index contributed by atoms with van der Waals surface area (Å²) in [5.74, 6) is 3.02. The van der Waals surface area contributed by atoms with Crippen LogP contribution in [0.3, 0.4) is 0 Å². The predicted molar refractivity (Wildman–Crippen MR) is 90.4 cm³/mol. The van der Waals surface area contributed by atoms with Crippen molar-refractivity contribution in [3.05, 3.63) is 23.8 Å². The van der Waals surface area contributed by atoms with E-state index in [0.29, 0.717) is 23.0 Å². The van der Waals surface area contributed by atoms with Gasteiger partial charge in [0.15, 0.2) is 0 Å². The van der Waals surface area contributed by atoms with Gasteiger partial charge in [0, 0.05) is 5.92 Å². The average molecular weight is 298 g/mol. The summed E-state index contributed by atoms with van der Waals surface area (Å²) in [5.41, 5.74) is 2.29. The van der Waals surface area contributed by atoms with Crippen LogP contribution in [0.15, 0.2) is 23.8 Å². The van der Waals surface area contributed by atoms with Crippen molar-refractivity contribution < 1.29 is 4.79 Å². The van der Waals surface area contributed by atoms with Crippen molar-refractivity contribution in [1.29, 1.82) is 0 Å². The summed E-state index contributed by atoms with van der Waals surface area (Å²) in [5, 5.41) is 0. The molecule has 0 saturated heterocycles. The summed E-state index contributed by atoms with van der Waals surface area (Å²) in [4.78, 5) is 12.1. The highest BCUT2D eigenvalue weighted by molar-refractivity contribution is 5.79. The van der Waals surface area contributed by atoms with E-state index in [-0.39, 0.29) is 5.41 Å². The fourth-order valence-electron chi connectivity index (χ4n) is 6.85. The summed E-state index contributed by atoms with van der Waals surface area (Å²) in [6, 6.07) is 0. The largest absolute Gasteiger partial charge is 0.300 e. The number of carbonyl (C=O) groups excluding carboxylic acids is 1. The lowest BCUT2D eigenvalue weighted by Crippen LogP contribution is -2.49. The average Bonchev–Trinajstić information content (AvgIpc) is 2.84. The van der Waals surface area contributed by atoms with E-state index in [1.807, 2.05) is 6.92 Å². The summed E-state index contributed by atoms with van der Waals surface area (Å²) >= 11 is 0. The molecule has 1 heteroatoms. The topological polar surface area (TPSA) is 17.1 Å². The van der Waals surface area contributed by atoms with Crippen molar-refractivity contribution in [3.63, 3.8) is 0 Å². The highest BCUT2D eigenvalue weighted by atomic mass is 16.1. The van der Waals surface area contributed by atoms with E-state index in [9.17, 15) is 4.79 Å². The van der Waals surface area contributed by atoms with Crippen molar-refractivity contribution in [2.24, 2.45) is 34.5 Å². The fraction of sp³-hybridized carbons (Fsp3) is 0.762. The first kappa shape index (κ1) is 14.7. The molecular weight excluding hydrogens is 268 g/mol. The Kier molecular flexibility index (Phi) is 3.23. The Bertz CT molecular complexity index is 556. The maximum atomic E-state index is 12.1. The smallest absolute Gasteiger partial charge is 0.133 e. The molecule has 0 aromatic carbocycles. The predicted octanol–water partition coefficient (Wildman–Crippen LogP) is 5.32. The maximum absolute atomic E-state index is 12.1. The van der Waals surface area contributed by atoms with E-state index in [1.165, 1.54) is 38.5 Å². The molecule has 0 aliphatic heterocycles. The first-order chi connectivity index (χ1) is 10.5. The number of hydrogen-bond donors (Lipinski definition) is 0. The van der Waals surface area contributed by atoms with E-state index < -0.39 is 0 Å². The van der Waals surface area contributed by atoms with Gasteiger partial charge in [-0.05, 0) is 86.0 Å². The number of hydrogen-bond acceptors (Lipinski definition) is 1. The molecule has 2 saturated carbocycles. The van der Waals surface area contributed by atoms with Crippen molar-refractivity contribution in [3.8, 4) is 0 Å². The van der Waals surface area contributed by atoms with Gasteiger partial charge in [0.1, 0.15) is 5.78 Å². The van der Waals surface area contributed by atoms with Crippen LogP contribution in [0, 0.1) is 34.5 Å². The van der Waals surface area contributed by atoms with E-state index in [2.05, 4.69) is 32.1 Å². The minimum absolute atomic E-state index is 0.267. The molecule has 0 N–H and O–H groups in total. The van der Waals surface area contributed by atoms with Crippen LogP contribution in [0.4, 0.5) is 0 Å². The first-order valence-corrected chi connectivity index (χ1v) is 9.36. The van der Waals surface area contributed by atoms with Crippen LogP contribution in [0.5, 0.6) is 0 Å². The quantitative estimate of drug-likeness (QED) is 0.640. The molecule has 0 aromatic rings. The van der Waals surface area contributed by atoms with Crippen molar-refractivity contribution in [2.75, 3.05) is 0 Å². The van der Waals surface area contributed by atoms with Crippen LogP contribution >= 0.6 is 0 Å². The Hall–Kier alpha value is -0.850. The summed E-state index contributed by atoms with van der Waals surface area (Å²) in [7, 11) is 0. The molecule has 4 aliphatic rings. The zero-order chi connectivity index (χ0) is 15.5. The third-order valence-electron chi connectivity index (χ3n) is 8.06. The van der Waals surface area contributed by atoms with Gasteiger partial charge in [-0.15, -0.1) is 0 Å². The number of ketones is 1. The molecule has 0 bridgehead atoms. The zero-order valence-electron chi connectivity index (χ0n) is 14.4. The molecule has 4 aliphatic carbocycles. The Morgan fingerprint density at radius 3 is 2.73 bits per heavy atom. The number of rotatable bonds is 1. The van der Waals surface area contributed by atoms with Gasteiger partial charge in [0.25, 0.3) is 0 Å². The van der Waals surface area contributed by atoms with Crippen LogP contribution in [-0.4, -0.2) is 5.78 Å². The normalized spacial score (nSPS) is 49.9. The van der Waals surface area contributed by atoms with Gasteiger partial charge in [-0.25, -0.2) is 0 Å². The third kappa shape index (κ3) is 1.80. The molecule has 4 rings (SSSR count). The number of Topliss-reactive ketones (excluding diaryl/α,β-unsaturated/α-hetero) is 1. The van der Waals surface area contributed by atoms with E-state index in [4.69, 9.17) is 0 Å². The van der Waals surface area contributed by atoms with E-state index in [0.717, 1.165) is 18.3 Å². The van der Waals surface area contributed by atoms with Gasteiger partial charge in [-0.2, -0.15) is 0 Å². The minimum Gasteiger partial charge on any atom is -0.300 e. The number of fused-ring (bicyclic) bond motifs is 5. The summed E-state index contributed by atoms with van der Waals surface area (Å²) in [6.07, 6.45) is 16.4. The van der Waals surface area contributed by atoms with Crippen molar-refractivity contribution in [2.45, 2.75) is 65.7 Å². The Balaban J connectivity index is 1.72. The Morgan fingerprint density at radius 2 is 1.95 bits per heavy atom. The van der Waals surface area contributed by atoms with E-state index >= 15 is 0 Å². The standard InChI is InChI=1S/C21H30O/c1-14(22)17-9-10-18-16-8-7-15-6-4-5-12-20(15,2)19(16)11-13-21(17,18)3/h6-8,16-19H,4-5,9-13H2,1-3H3/t16-,17+,18-,19-,20-,21+/m0/s1. The lowest BCUT2D eigenvalue weighted by molar-refractivity contribution is -0.126. The second kappa shape index (κ2) is 4.82. The molecule has 0 heterocycles. The molecule has 0 aromatic heterocycles.